The zero-order valence-electron chi connectivity index (χ0n) is 11.0. The van der Waals surface area contributed by atoms with E-state index >= 15 is 0 Å². The molecule has 1 aliphatic rings. The standard InChI is InChI=1S/C15H22N2O/c1-2-14(12-7-4-3-5-8-12)15(18)17-10-6-9-13(16)11-17/h3-5,7-8,13-14H,2,6,9-11,16H2,1H3. The summed E-state index contributed by atoms with van der Waals surface area (Å²) in [5, 5.41) is 0. The van der Waals surface area contributed by atoms with Crippen molar-refractivity contribution in [2.45, 2.75) is 38.1 Å². The minimum Gasteiger partial charge on any atom is -0.341 e. The minimum absolute atomic E-state index is 0.0171. The van der Waals surface area contributed by atoms with Gasteiger partial charge in [-0.25, -0.2) is 0 Å². The Morgan fingerprint density at radius 1 is 1.44 bits per heavy atom. The van der Waals surface area contributed by atoms with Gasteiger partial charge in [-0.05, 0) is 24.8 Å². The van der Waals surface area contributed by atoms with Crippen molar-refractivity contribution in [3.8, 4) is 0 Å². The van der Waals surface area contributed by atoms with E-state index < -0.39 is 0 Å². The zero-order valence-corrected chi connectivity index (χ0v) is 11.0. The Kier molecular flexibility index (Phi) is 4.37. The summed E-state index contributed by atoms with van der Waals surface area (Å²) in [4.78, 5) is 14.5. The van der Waals surface area contributed by atoms with E-state index in [-0.39, 0.29) is 17.9 Å². The van der Waals surface area contributed by atoms with Crippen LogP contribution in [0.25, 0.3) is 0 Å². The van der Waals surface area contributed by atoms with Crippen LogP contribution in [0.4, 0.5) is 0 Å². The molecule has 2 unspecified atom stereocenters. The molecule has 0 radical (unpaired) electrons. The van der Waals surface area contributed by atoms with Gasteiger partial charge in [-0.2, -0.15) is 0 Å². The molecular weight excluding hydrogens is 224 g/mol. The average Bonchev–Trinajstić information content (AvgIpc) is 2.41. The lowest BCUT2D eigenvalue weighted by Gasteiger charge is -2.33. The van der Waals surface area contributed by atoms with E-state index in [0.29, 0.717) is 6.54 Å². The first-order chi connectivity index (χ1) is 8.72. The highest BCUT2D eigenvalue weighted by atomic mass is 16.2. The van der Waals surface area contributed by atoms with Gasteiger partial charge in [0, 0.05) is 19.1 Å². The average molecular weight is 246 g/mol. The smallest absolute Gasteiger partial charge is 0.230 e. The van der Waals surface area contributed by atoms with Crippen LogP contribution < -0.4 is 5.73 Å². The molecule has 1 amide bonds. The number of rotatable bonds is 3. The van der Waals surface area contributed by atoms with E-state index in [0.717, 1.165) is 31.4 Å². The van der Waals surface area contributed by atoms with Crippen LogP contribution in [-0.2, 0) is 4.79 Å². The second-order valence-electron chi connectivity index (χ2n) is 5.06. The van der Waals surface area contributed by atoms with Crippen molar-refractivity contribution >= 4 is 5.91 Å². The highest BCUT2D eigenvalue weighted by molar-refractivity contribution is 5.83. The molecule has 1 aromatic carbocycles. The molecule has 1 fully saturated rings. The summed E-state index contributed by atoms with van der Waals surface area (Å²) < 4.78 is 0. The van der Waals surface area contributed by atoms with Gasteiger partial charge in [-0.15, -0.1) is 0 Å². The Labute approximate surface area is 109 Å². The van der Waals surface area contributed by atoms with E-state index in [9.17, 15) is 4.79 Å². The van der Waals surface area contributed by atoms with Gasteiger partial charge in [0.2, 0.25) is 5.91 Å². The molecule has 3 heteroatoms. The molecule has 1 saturated heterocycles. The number of piperidine rings is 1. The van der Waals surface area contributed by atoms with Gasteiger partial charge in [-0.1, -0.05) is 37.3 Å². The third-order valence-corrected chi connectivity index (χ3v) is 3.68. The first-order valence-corrected chi connectivity index (χ1v) is 6.81. The van der Waals surface area contributed by atoms with Crippen molar-refractivity contribution in [2.24, 2.45) is 5.73 Å². The molecule has 98 valence electrons. The van der Waals surface area contributed by atoms with Crippen LogP contribution in [0.1, 0.15) is 37.7 Å². The number of amides is 1. The van der Waals surface area contributed by atoms with Gasteiger partial charge in [0.1, 0.15) is 0 Å². The fourth-order valence-electron chi connectivity index (χ4n) is 2.67. The molecule has 1 heterocycles. The van der Waals surface area contributed by atoms with Crippen molar-refractivity contribution < 1.29 is 4.79 Å². The number of hydrogen-bond acceptors (Lipinski definition) is 2. The van der Waals surface area contributed by atoms with Gasteiger partial charge in [0.05, 0.1) is 5.92 Å². The van der Waals surface area contributed by atoms with Crippen molar-refractivity contribution in [1.29, 1.82) is 0 Å². The van der Waals surface area contributed by atoms with Gasteiger partial charge in [0.25, 0.3) is 0 Å². The van der Waals surface area contributed by atoms with Crippen molar-refractivity contribution in [2.75, 3.05) is 13.1 Å². The quantitative estimate of drug-likeness (QED) is 0.888. The molecule has 0 aromatic heterocycles. The predicted molar refractivity (Wildman–Crippen MR) is 73.3 cm³/mol. The fourth-order valence-corrected chi connectivity index (χ4v) is 2.67. The number of likely N-dealkylation sites (tertiary alicyclic amines) is 1. The summed E-state index contributed by atoms with van der Waals surface area (Å²) in [6.45, 7) is 3.64. The topological polar surface area (TPSA) is 46.3 Å². The first-order valence-electron chi connectivity index (χ1n) is 6.81. The van der Waals surface area contributed by atoms with Crippen LogP contribution in [0, 0.1) is 0 Å². The first kappa shape index (κ1) is 13.1. The van der Waals surface area contributed by atoms with Crippen molar-refractivity contribution in [1.82, 2.24) is 4.90 Å². The Hall–Kier alpha value is -1.35. The molecule has 0 bridgehead atoms. The van der Waals surface area contributed by atoms with Crippen molar-refractivity contribution in [3.05, 3.63) is 35.9 Å². The molecule has 0 aliphatic carbocycles. The van der Waals surface area contributed by atoms with Gasteiger partial charge in [-0.3, -0.25) is 4.79 Å². The highest BCUT2D eigenvalue weighted by Crippen LogP contribution is 2.23. The van der Waals surface area contributed by atoms with Crippen LogP contribution in [-0.4, -0.2) is 29.9 Å². The third-order valence-electron chi connectivity index (χ3n) is 3.68. The number of carbonyl (C=O) groups is 1. The molecule has 1 aromatic rings. The molecule has 0 spiro atoms. The van der Waals surface area contributed by atoms with E-state index in [4.69, 9.17) is 5.73 Å². The van der Waals surface area contributed by atoms with E-state index in [1.807, 2.05) is 35.2 Å². The summed E-state index contributed by atoms with van der Waals surface area (Å²) in [5.74, 6) is 0.218. The van der Waals surface area contributed by atoms with Crippen LogP contribution in [0.5, 0.6) is 0 Å². The molecular formula is C15H22N2O. The summed E-state index contributed by atoms with van der Waals surface area (Å²) in [7, 11) is 0. The minimum atomic E-state index is -0.0171. The number of nitrogens with zero attached hydrogens (tertiary/aromatic N) is 1. The van der Waals surface area contributed by atoms with Crippen LogP contribution in [0.15, 0.2) is 30.3 Å². The summed E-state index contributed by atoms with van der Waals surface area (Å²) in [5.41, 5.74) is 7.06. The monoisotopic (exact) mass is 246 g/mol. The Balaban J connectivity index is 2.10. The second-order valence-corrected chi connectivity index (χ2v) is 5.06. The molecule has 3 nitrogen and oxygen atoms in total. The van der Waals surface area contributed by atoms with Crippen LogP contribution in [0.3, 0.4) is 0 Å². The number of hydrogen-bond donors (Lipinski definition) is 1. The Morgan fingerprint density at radius 2 is 2.17 bits per heavy atom. The fraction of sp³-hybridized carbons (Fsp3) is 0.533. The van der Waals surface area contributed by atoms with Gasteiger partial charge in [0.15, 0.2) is 0 Å². The molecule has 2 N–H and O–H groups in total. The lowest BCUT2D eigenvalue weighted by atomic mass is 9.94. The summed E-state index contributed by atoms with van der Waals surface area (Å²) in [6, 6.07) is 10.2. The molecule has 1 aliphatic heterocycles. The lowest BCUT2D eigenvalue weighted by Crippen LogP contribution is -2.47. The SMILES string of the molecule is CCC(C(=O)N1CCCC(N)C1)c1ccccc1. The lowest BCUT2D eigenvalue weighted by molar-refractivity contribution is -0.134. The van der Waals surface area contributed by atoms with E-state index in [1.165, 1.54) is 0 Å². The third kappa shape index (κ3) is 2.91. The molecule has 18 heavy (non-hydrogen) atoms. The van der Waals surface area contributed by atoms with Crippen LogP contribution >= 0.6 is 0 Å². The van der Waals surface area contributed by atoms with Crippen LogP contribution in [0.2, 0.25) is 0 Å². The maximum atomic E-state index is 12.5. The number of nitrogens with two attached hydrogens (primary N) is 1. The number of carbonyl (C=O) groups excluding carboxylic acids is 1. The Morgan fingerprint density at radius 3 is 2.78 bits per heavy atom. The predicted octanol–water partition coefficient (Wildman–Crippen LogP) is 2.13. The highest BCUT2D eigenvalue weighted by Gasteiger charge is 2.27. The number of benzene rings is 1. The van der Waals surface area contributed by atoms with E-state index in [1.54, 1.807) is 0 Å². The molecule has 0 saturated carbocycles. The Bertz CT molecular complexity index is 391. The second kappa shape index (κ2) is 6.01. The normalized spacial score (nSPS) is 21.7. The van der Waals surface area contributed by atoms with Gasteiger partial charge >= 0.3 is 0 Å². The zero-order chi connectivity index (χ0) is 13.0. The summed E-state index contributed by atoms with van der Waals surface area (Å²) in [6.07, 6.45) is 2.90. The van der Waals surface area contributed by atoms with Crippen molar-refractivity contribution in [3.63, 3.8) is 0 Å². The largest absolute Gasteiger partial charge is 0.341 e. The molecule has 2 atom stereocenters. The summed E-state index contributed by atoms with van der Waals surface area (Å²) >= 11 is 0. The molecule has 2 rings (SSSR count). The maximum absolute atomic E-state index is 12.5. The maximum Gasteiger partial charge on any atom is 0.230 e. The van der Waals surface area contributed by atoms with E-state index in [2.05, 4.69) is 6.92 Å². The van der Waals surface area contributed by atoms with Gasteiger partial charge < -0.3 is 10.6 Å².